The van der Waals surface area contributed by atoms with Crippen molar-refractivity contribution in [2.45, 2.75) is 0 Å². The molecule has 2 aromatic heterocycles. The summed E-state index contributed by atoms with van der Waals surface area (Å²) in [5.41, 5.74) is 2.55. The van der Waals surface area contributed by atoms with Crippen molar-refractivity contribution < 1.29 is 50.7 Å². The van der Waals surface area contributed by atoms with Gasteiger partial charge in [-0.15, -0.1) is 82.2 Å². The van der Waals surface area contributed by atoms with Crippen molar-refractivity contribution >= 4 is 38.2 Å². The molecule has 2 heterocycles. The van der Waals surface area contributed by atoms with Crippen LogP contribution < -0.4 is 24.8 Å². The fourth-order valence-electron chi connectivity index (χ4n) is 3.38. The Morgan fingerprint density at radius 1 is 0.581 bits per heavy atom. The number of benzene rings is 2. The Kier molecular flexibility index (Phi) is 9.94. The van der Waals surface area contributed by atoms with Crippen molar-refractivity contribution in [2.24, 2.45) is 0 Å². The van der Waals surface area contributed by atoms with Gasteiger partial charge in [-0.25, -0.2) is 0 Å². The van der Waals surface area contributed by atoms with Crippen LogP contribution in [-0.4, -0.2) is 8.66 Å². The van der Waals surface area contributed by atoms with E-state index in [4.69, 9.17) is 0 Å². The summed E-state index contributed by atoms with van der Waals surface area (Å²) in [6.07, 6.45) is 4.21. The number of halogens is 2. The molecular formula is C24H18Cl2HfN2P2. The first-order valence-electron chi connectivity index (χ1n) is 9.18. The molecule has 0 N–H and O–H groups in total. The van der Waals surface area contributed by atoms with E-state index in [1.54, 1.807) is 0 Å². The third-order valence-electron chi connectivity index (χ3n) is 4.74. The zero-order valence-electron chi connectivity index (χ0n) is 16.4. The van der Waals surface area contributed by atoms with Gasteiger partial charge in [-0.05, 0) is 35.1 Å². The average Bonchev–Trinajstić information content (AvgIpc) is 3.54. The Bertz CT molecular complexity index is 1150. The molecule has 0 aliphatic carbocycles. The minimum atomic E-state index is 0. The molecule has 0 saturated carbocycles. The van der Waals surface area contributed by atoms with Crippen molar-refractivity contribution in [2.75, 3.05) is 0 Å². The Morgan fingerprint density at radius 2 is 1.00 bits per heavy atom. The van der Waals surface area contributed by atoms with Crippen LogP contribution in [0.4, 0.5) is 0 Å². The maximum atomic E-state index is 2.23. The molecular weight excluding hydrogens is 628 g/mol. The van der Waals surface area contributed by atoms with Gasteiger partial charge >= 0.3 is 25.8 Å². The van der Waals surface area contributed by atoms with E-state index in [-0.39, 0.29) is 50.7 Å². The molecule has 6 rings (SSSR count). The van der Waals surface area contributed by atoms with Crippen LogP contribution in [0.1, 0.15) is 0 Å². The van der Waals surface area contributed by atoms with Crippen molar-refractivity contribution in [3.63, 3.8) is 0 Å². The largest absolute Gasteiger partial charge is 4.00 e. The molecule has 0 atom stereocenters. The summed E-state index contributed by atoms with van der Waals surface area (Å²) >= 11 is 0. The van der Waals surface area contributed by atoms with Crippen LogP contribution in [0.25, 0.3) is 32.9 Å². The summed E-state index contributed by atoms with van der Waals surface area (Å²) in [5, 5.41) is 5.27. The summed E-state index contributed by atoms with van der Waals surface area (Å²) < 4.78 is 4.44. The molecule has 0 bridgehead atoms. The second-order valence-electron chi connectivity index (χ2n) is 6.59. The van der Waals surface area contributed by atoms with Crippen molar-refractivity contribution in [3.8, 4) is 11.4 Å². The molecule has 6 aromatic rings. The topological polar surface area (TPSA) is 9.86 Å². The average molecular weight is 646 g/mol. The first kappa shape index (κ1) is 25.8. The van der Waals surface area contributed by atoms with Crippen LogP contribution >= 0.6 is 16.7 Å². The molecule has 0 aliphatic rings. The van der Waals surface area contributed by atoms with Crippen LogP contribution in [0, 0.1) is 0 Å². The second-order valence-corrected chi connectivity index (χ2v) is 8.51. The Labute approximate surface area is 216 Å². The Balaban J connectivity index is 0.000000201. The maximum absolute atomic E-state index is 2.23. The van der Waals surface area contributed by atoms with E-state index in [9.17, 15) is 0 Å². The smallest absolute Gasteiger partial charge is 1.00 e. The van der Waals surface area contributed by atoms with Gasteiger partial charge in [0.15, 0.2) is 0 Å². The second kappa shape index (κ2) is 12.0. The van der Waals surface area contributed by atoms with Crippen LogP contribution in [0.3, 0.4) is 0 Å². The molecule has 152 valence electrons. The van der Waals surface area contributed by atoms with E-state index in [0.29, 0.717) is 0 Å². The van der Waals surface area contributed by atoms with Gasteiger partial charge in [0.1, 0.15) is 0 Å². The SMILES string of the molecule is [Cl-].[Cl-].[Hf+4].c1ccc2[cH-]c(-n3cccp3)cc2c1.c1ccc2[cH-]c(-n3cccp3)cc2c1. The van der Waals surface area contributed by atoms with Crippen LogP contribution in [0.15, 0.2) is 109 Å². The monoisotopic (exact) mass is 646 g/mol. The Morgan fingerprint density at radius 3 is 1.35 bits per heavy atom. The Hall–Kier alpha value is -1.47. The van der Waals surface area contributed by atoms with Gasteiger partial charge in [0.2, 0.25) is 0 Å². The van der Waals surface area contributed by atoms with E-state index in [2.05, 4.69) is 118 Å². The van der Waals surface area contributed by atoms with Crippen LogP contribution in [-0.2, 0) is 25.8 Å². The minimum absolute atomic E-state index is 0. The van der Waals surface area contributed by atoms with Gasteiger partial charge in [0, 0.05) is 29.1 Å². The number of nitrogens with zero attached hydrogens (tertiary/aromatic N) is 2. The summed E-state index contributed by atoms with van der Waals surface area (Å²) in [4.78, 5) is 0. The first-order chi connectivity index (χ1) is 13.9. The third-order valence-corrected chi connectivity index (χ3v) is 6.58. The number of hydrogen-bond acceptors (Lipinski definition) is 0. The minimum Gasteiger partial charge on any atom is -1.00 e. The van der Waals surface area contributed by atoms with E-state index < -0.39 is 0 Å². The van der Waals surface area contributed by atoms with Gasteiger partial charge in [-0.3, -0.25) is 0 Å². The fraction of sp³-hybridized carbons (Fsp3) is 0. The summed E-state index contributed by atoms with van der Waals surface area (Å²) in [5.74, 6) is 4.27. The van der Waals surface area contributed by atoms with Crippen molar-refractivity contribution in [1.82, 2.24) is 8.66 Å². The first-order valence-corrected chi connectivity index (χ1v) is 11.0. The summed E-state index contributed by atoms with van der Waals surface area (Å²) in [6, 6.07) is 30.0. The van der Waals surface area contributed by atoms with Crippen molar-refractivity contribution in [1.29, 1.82) is 0 Å². The van der Waals surface area contributed by atoms with Gasteiger partial charge in [0.05, 0.1) is 0 Å². The van der Waals surface area contributed by atoms with E-state index in [1.165, 1.54) is 49.6 Å². The molecule has 0 amide bonds. The summed E-state index contributed by atoms with van der Waals surface area (Å²) in [7, 11) is 2.47. The molecule has 7 heteroatoms. The normalized spacial score (nSPS) is 10.3. The zero-order chi connectivity index (χ0) is 18.8. The molecule has 0 saturated heterocycles. The van der Waals surface area contributed by atoms with E-state index in [0.717, 1.165) is 0 Å². The number of aromatic nitrogens is 2. The molecule has 0 spiro atoms. The van der Waals surface area contributed by atoms with Crippen LogP contribution in [0.2, 0.25) is 0 Å². The van der Waals surface area contributed by atoms with E-state index >= 15 is 0 Å². The standard InChI is InChI=1S/2C12H9NP.2ClH.Hf/c2*1-2-5-11-9-12(8-10(11)4-1)13-6-3-7-14-13;;;/h2*1-9H;2*1H;/q2*-1;;;+4/p-2. The fourth-order valence-corrected chi connectivity index (χ4v) is 4.78. The number of hydrogen-bond donors (Lipinski definition) is 0. The number of rotatable bonds is 2. The molecule has 31 heavy (non-hydrogen) atoms. The quantitative estimate of drug-likeness (QED) is 0.201. The molecule has 0 fully saturated rings. The van der Waals surface area contributed by atoms with Gasteiger partial charge in [-0.1, -0.05) is 12.1 Å². The van der Waals surface area contributed by atoms with Gasteiger partial charge in [-0.2, -0.15) is 0 Å². The maximum Gasteiger partial charge on any atom is 4.00 e. The molecule has 2 nitrogen and oxygen atoms in total. The molecule has 0 unspecified atom stereocenters. The van der Waals surface area contributed by atoms with Crippen LogP contribution in [0.5, 0.6) is 0 Å². The summed E-state index contributed by atoms with van der Waals surface area (Å²) in [6.45, 7) is 0. The number of fused-ring (bicyclic) bond motifs is 2. The zero-order valence-corrected chi connectivity index (χ0v) is 23.3. The predicted molar refractivity (Wildman–Crippen MR) is 123 cm³/mol. The van der Waals surface area contributed by atoms with E-state index in [1.807, 2.05) is 0 Å². The molecule has 0 aliphatic heterocycles. The van der Waals surface area contributed by atoms with Crippen molar-refractivity contribution in [3.05, 3.63) is 109 Å². The predicted octanol–water partition coefficient (Wildman–Crippen LogP) is 1.86. The molecule has 0 radical (unpaired) electrons. The van der Waals surface area contributed by atoms with Gasteiger partial charge < -0.3 is 33.5 Å². The third kappa shape index (κ3) is 5.86. The molecule has 4 aromatic carbocycles. The van der Waals surface area contributed by atoms with Gasteiger partial charge in [0.25, 0.3) is 0 Å².